The highest BCUT2D eigenvalue weighted by molar-refractivity contribution is 5.97. The van der Waals surface area contributed by atoms with E-state index in [-0.39, 0.29) is 18.9 Å². The highest BCUT2D eigenvalue weighted by atomic mass is 19.4. The molecule has 0 saturated carbocycles. The average molecular weight is 248 g/mol. The van der Waals surface area contributed by atoms with Crippen LogP contribution >= 0.6 is 0 Å². The number of carbonyl (C=O) groups excluding carboxylic acids is 1. The second-order valence-electron chi connectivity index (χ2n) is 3.91. The Morgan fingerprint density at radius 1 is 1.47 bits per heavy atom. The van der Waals surface area contributed by atoms with Crippen LogP contribution in [0.2, 0.25) is 0 Å². The number of alkyl halides is 3. The molecule has 1 rings (SSSR count). The minimum absolute atomic E-state index is 0.193. The molecule has 6 heteroatoms. The van der Waals surface area contributed by atoms with E-state index in [2.05, 4.69) is 0 Å². The van der Waals surface area contributed by atoms with Gasteiger partial charge in [0.25, 0.3) is 0 Å². The van der Waals surface area contributed by atoms with Gasteiger partial charge < -0.3 is 4.57 Å². The summed E-state index contributed by atoms with van der Waals surface area (Å²) in [7, 11) is 1.75. The number of hydrogen-bond acceptors (Lipinski definition) is 2. The molecular weight excluding hydrogens is 233 g/mol. The molecule has 0 N–H and O–H groups in total. The molecule has 0 spiro atoms. The molecule has 0 bridgehead atoms. The lowest BCUT2D eigenvalue weighted by molar-refractivity contribution is -0.144. The summed E-state index contributed by atoms with van der Waals surface area (Å²) in [5.41, 5.74) is 0.438. The van der Waals surface area contributed by atoms with Crippen molar-refractivity contribution < 1.29 is 18.0 Å². The lowest BCUT2D eigenvalue weighted by atomic mass is 10.2. The Kier molecular flexibility index (Phi) is 4.34. The third-order valence-electron chi connectivity index (χ3n) is 2.37. The van der Waals surface area contributed by atoms with Crippen LogP contribution in [-0.2, 0) is 7.05 Å². The van der Waals surface area contributed by atoms with E-state index >= 15 is 0 Å². The van der Waals surface area contributed by atoms with Crippen molar-refractivity contribution in [2.75, 3.05) is 19.6 Å². The van der Waals surface area contributed by atoms with E-state index in [1.165, 1.54) is 0 Å². The average Bonchev–Trinajstić information content (AvgIpc) is 2.61. The van der Waals surface area contributed by atoms with Crippen molar-refractivity contribution in [3.05, 3.63) is 24.0 Å². The third kappa shape index (κ3) is 4.60. The predicted molar refractivity (Wildman–Crippen MR) is 57.9 cm³/mol. The Labute approximate surface area is 97.8 Å². The Balaban J connectivity index is 2.60. The van der Waals surface area contributed by atoms with E-state index in [9.17, 15) is 18.0 Å². The first-order chi connectivity index (χ1) is 7.81. The standard InChI is InChI=1S/C11H15F3N2O/c1-3-16(8-11(12,13)14)7-10(17)9-4-5-15(2)6-9/h4-6H,3,7-8H2,1-2H3. The summed E-state index contributed by atoms with van der Waals surface area (Å²) in [5.74, 6) is -0.295. The number of ketones is 1. The monoisotopic (exact) mass is 248 g/mol. The molecule has 0 aromatic carbocycles. The number of rotatable bonds is 5. The number of carbonyl (C=O) groups is 1. The molecule has 0 unspecified atom stereocenters. The first-order valence-electron chi connectivity index (χ1n) is 5.26. The fourth-order valence-electron chi connectivity index (χ4n) is 1.50. The van der Waals surface area contributed by atoms with Gasteiger partial charge in [0, 0.05) is 25.0 Å². The Morgan fingerprint density at radius 3 is 2.53 bits per heavy atom. The fraction of sp³-hybridized carbons (Fsp3) is 0.545. The molecule has 3 nitrogen and oxygen atoms in total. The van der Waals surface area contributed by atoms with Gasteiger partial charge in [-0.1, -0.05) is 6.92 Å². The quantitative estimate of drug-likeness (QED) is 0.745. The second-order valence-corrected chi connectivity index (χ2v) is 3.91. The Morgan fingerprint density at radius 2 is 2.12 bits per heavy atom. The highest BCUT2D eigenvalue weighted by Gasteiger charge is 2.30. The first-order valence-corrected chi connectivity index (χ1v) is 5.26. The van der Waals surface area contributed by atoms with Gasteiger partial charge in [0.1, 0.15) is 0 Å². The normalized spacial score (nSPS) is 12.1. The number of Topliss-reactive ketones (excluding diaryl/α,β-unsaturated/α-hetero) is 1. The maximum Gasteiger partial charge on any atom is 0.401 e. The maximum atomic E-state index is 12.2. The van der Waals surface area contributed by atoms with Gasteiger partial charge in [0.15, 0.2) is 5.78 Å². The first kappa shape index (κ1) is 13.8. The van der Waals surface area contributed by atoms with Crippen molar-refractivity contribution >= 4 is 5.78 Å². The van der Waals surface area contributed by atoms with E-state index < -0.39 is 12.7 Å². The molecule has 0 radical (unpaired) electrons. The number of halogens is 3. The van der Waals surface area contributed by atoms with Gasteiger partial charge in [0.2, 0.25) is 0 Å². The minimum Gasteiger partial charge on any atom is -0.357 e. The number of nitrogens with zero attached hydrogens (tertiary/aromatic N) is 2. The van der Waals surface area contributed by atoms with Crippen molar-refractivity contribution in [1.82, 2.24) is 9.47 Å². The van der Waals surface area contributed by atoms with Gasteiger partial charge in [-0.3, -0.25) is 9.69 Å². The predicted octanol–water partition coefficient (Wildman–Crippen LogP) is 2.09. The van der Waals surface area contributed by atoms with E-state index in [1.54, 1.807) is 37.0 Å². The van der Waals surface area contributed by atoms with Gasteiger partial charge in [-0.15, -0.1) is 0 Å². The van der Waals surface area contributed by atoms with Crippen LogP contribution in [0.25, 0.3) is 0 Å². The van der Waals surface area contributed by atoms with Gasteiger partial charge in [-0.05, 0) is 12.6 Å². The molecule has 0 aliphatic carbocycles. The molecular formula is C11H15F3N2O. The molecule has 0 aliphatic heterocycles. The molecule has 96 valence electrons. The van der Waals surface area contributed by atoms with Crippen LogP contribution < -0.4 is 0 Å². The zero-order valence-corrected chi connectivity index (χ0v) is 9.79. The summed E-state index contributed by atoms with van der Waals surface area (Å²) in [4.78, 5) is 12.8. The van der Waals surface area contributed by atoms with Crippen LogP contribution in [0.5, 0.6) is 0 Å². The van der Waals surface area contributed by atoms with Gasteiger partial charge >= 0.3 is 6.18 Å². The van der Waals surface area contributed by atoms with E-state index in [0.717, 1.165) is 4.90 Å². The molecule has 1 aromatic rings. The molecule has 0 fully saturated rings. The SMILES string of the molecule is CCN(CC(=O)c1ccn(C)c1)CC(F)(F)F. The summed E-state index contributed by atoms with van der Waals surface area (Å²) < 4.78 is 38.3. The van der Waals surface area contributed by atoms with Crippen molar-refractivity contribution in [3.63, 3.8) is 0 Å². The van der Waals surface area contributed by atoms with Crippen LogP contribution in [-0.4, -0.2) is 41.1 Å². The van der Waals surface area contributed by atoms with Crippen LogP contribution in [0.3, 0.4) is 0 Å². The van der Waals surface area contributed by atoms with E-state index in [0.29, 0.717) is 5.56 Å². The molecule has 0 amide bonds. The van der Waals surface area contributed by atoms with Crippen molar-refractivity contribution in [2.45, 2.75) is 13.1 Å². The second kappa shape index (κ2) is 5.35. The van der Waals surface area contributed by atoms with Gasteiger partial charge in [0.05, 0.1) is 13.1 Å². The van der Waals surface area contributed by atoms with Crippen molar-refractivity contribution in [2.24, 2.45) is 7.05 Å². The maximum absolute atomic E-state index is 12.2. The highest BCUT2D eigenvalue weighted by Crippen LogP contribution is 2.16. The lowest BCUT2D eigenvalue weighted by Crippen LogP contribution is -2.37. The smallest absolute Gasteiger partial charge is 0.357 e. The fourth-order valence-corrected chi connectivity index (χ4v) is 1.50. The van der Waals surface area contributed by atoms with E-state index in [1.807, 2.05) is 0 Å². The van der Waals surface area contributed by atoms with Crippen LogP contribution in [0.1, 0.15) is 17.3 Å². The van der Waals surface area contributed by atoms with Crippen molar-refractivity contribution in [1.29, 1.82) is 0 Å². The number of aryl methyl sites for hydroxylation is 1. The summed E-state index contributed by atoms with van der Waals surface area (Å²) in [6.45, 7) is 0.532. The Hall–Kier alpha value is -1.30. The zero-order chi connectivity index (χ0) is 13.1. The molecule has 0 atom stereocenters. The third-order valence-corrected chi connectivity index (χ3v) is 2.37. The largest absolute Gasteiger partial charge is 0.401 e. The van der Waals surface area contributed by atoms with Gasteiger partial charge in [-0.25, -0.2) is 0 Å². The summed E-state index contributed by atoms with van der Waals surface area (Å²) >= 11 is 0. The van der Waals surface area contributed by atoms with Crippen LogP contribution in [0.4, 0.5) is 13.2 Å². The summed E-state index contributed by atoms with van der Waals surface area (Å²) in [6, 6.07) is 1.60. The zero-order valence-electron chi connectivity index (χ0n) is 9.79. The van der Waals surface area contributed by atoms with Crippen molar-refractivity contribution in [3.8, 4) is 0 Å². The number of aromatic nitrogens is 1. The molecule has 1 heterocycles. The lowest BCUT2D eigenvalue weighted by Gasteiger charge is -2.20. The minimum atomic E-state index is -4.27. The van der Waals surface area contributed by atoms with Crippen LogP contribution in [0.15, 0.2) is 18.5 Å². The number of hydrogen-bond donors (Lipinski definition) is 0. The van der Waals surface area contributed by atoms with Crippen LogP contribution in [0, 0.1) is 0 Å². The van der Waals surface area contributed by atoms with Gasteiger partial charge in [-0.2, -0.15) is 13.2 Å². The topological polar surface area (TPSA) is 25.2 Å². The van der Waals surface area contributed by atoms with E-state index in [4.69, 9.17) is 0 Å². The molecule has 0 saturated heterocycles. The molecule has 17 heavy (non-hydrogen) atoms. The number of likely N-dealkylation sites (N-methyl/N-ethyl adjacent to an activating group) is 1. The summed E-state index contributed by atoms with van der Waals surface area (Å²) in [5, 5.41) is 0. The summed E-state index contributed by atoms with van der Waals surface area (Å²) in [6.07, 6.45) is -0.982. The Bertz CT molecular complexity index is 384. The molecule has 0 aliphatic rings. The molecule has 1 aromatic heterocycles.